The van der Waals surface area contributed by atoms with Crippen molar-refractivity contribution in [2.75, 3.05) is 0 Å². The van der Waals surface area contributed by atoms with Crippen molar-refractivity contribution in [1.82, 2.24) is 0 Å². The van der Waals surface area contributed by atoms with E-state index in [9.17, 15) is 12.8 Å². The van der Waals surface area contributed by atoms with Crippen LogP contribution in [0.2, 0.25) is 5.02 Å². The third-order valence-electron chi connectivity index (χ3n) is 1.57. The lowest BCUT2D eigenvalue weighted by Gasteiger charge is -2.04. The Bertz CT molecular complexity index is 444. The number of rotatable bonds is 1. The highest BCUT2D eigenvalue weighted by Crippen LogP contribution is 2.23. The van der Waals surface area contributed by atoms with Crippen molar-refractivity contribution < 1.29 is 12.8 Å². The van der Waals surface area contributed by atoms with Crippen LogP contribution in [-0.2, 0) is 10.0 Å². The highest BCUT2D eigenvalue weighted by molar-refractivity contribution is 7.89. The highest BCUT2D eigenvalue weighted by Gasteiger charge is 2.15. The first-order valence-electron chi connectivity index (χ1n) is 3.31. The van der Waals surface area contributed by atoms with Gasteiger partial charge in [0, 0.05) is 5.02 Å². The van der Waals surface area contributed by atoms with E-state index < -0.39 is 15.8 Å². The van der Waals surface area contributed by atoms with Crippen molar-refractivity contribution in [3.8, 4) is 0 Å². The molecule has 1 aromatic carbocycles. The van der Waals surface area contributed by atoms with E-state index in [4.69, 9.17) is 16.7 Å². The fourth-order valence-corrected chi connectivity index (χ4v) is 1.99. The Morgan fingerprint density at radius 1 is 1.46 bits per heavy atom. The summed E-state index contributed by atoms with van der Waals surface area (Å²) in [6.07, 6.45) is 0. The summed E-state index contributed by atoms with van der Waals surface area (Å²) in [7, 11) is -3.90. The first kappa shape index (κ1) is 10.4. The molecule has 72 valence electrons. The number of halogens is 2. The standard InChI is InChI=1S/C7H7ClFNO2S/c1-4-6(8)2-5(9)3-7(4)13(10,11)12/h2-3H,1H3,(H2,10,11,12). The second-order valence-electron chi connectivity index (χ2n) is 2.56. The molecule has 0 amide bonds. The molecule has 0 spiro atoms. The lowest BCUT2D eigenvalue weighted by Crippen LogP contribution is -2.14. The summed E-state index contributed by atoms with van der Waals surface area (Å²) in [5.74, 6) is -0.723. The SMILES string of the molecule is Cc1c(Cl)cc(F)cc1S(N)(=O)=O. The molecule has 0 bridgehead atoms. The minimum absolute atomic E-state index is 0.0454. The Kier molecular flexibility index (Phi) is 2.61. The van der Waals surface area contributed by atoms with E-state index in [0.29, 0.717) is 0 Å². The van der Waals surface area contributed by atoms with Crippen LogP contribution in [-0.4, -0.2) is 8.42 Å². The number of primary sulfonamides is 1. The van der Waals surface area contributed by atoms with Crippen LogP contribution in [0.3, 0.4) is 0 Å². The molecule has 1 aromatic rings. The molecule has 0 aromatic heterocycles. The zero-order valence-electron chi connectivity index (χ0n) is 6.71. The van der Waals surface area contributed by atoms with Gasteiger partial charge in [0.05, 0.1) is 4.90 Å². The molecule has 0 radical (unpaired) electrons. The molecule has 0 saturated heterocycles. The lowest BCUT2D eigenvalue weighted by atomic mass is 10.2. The molecule has 0 fully saturated rings. The van der Waals surface area contributed by atoms with E-state index in [0.717, 1.165) is 12.1 Å². The van der Waals surface area contributed by atoms with E-state index >= 15 is 0 Å². The van der Waals surface area contributed by atoms with Crippen LogP contribution in [0.5, 0.6) is 0 Å². The van der Waals surface area contributed by atoms with Crippen molar-refractivity contribution >= 4 is 21.6 Å². The number of nitrogens with two attached hydrogens (primary N) is 1. The lowest BCUT2D eigenvalue weighted by molar-refractivity contribution is 0.591. The van der Waals surface area contributed by atoms with Crippen molar-refractivity contribution in [3.05, 3.63) is 28.5 Å². The molecule has 3 nitrogen and oxygen atoms in total. The maximum atomic E-state index is 12.7. The van der Waals surface area contributed by atoms with Crippen molar-refractivity contribution in [2.45, 2.75) is 11.8 Å². The molecular weight excluding hydrogens is 217 g/mol. The quantitative estimate of drug-likeness (QED) is 0.783. The maximum absolute atomic E-state index is 12.7. The van der Waals surface area contributed by atoms with Crippen LogP contribution >= 0.6 is 11.6 Å². The van der Waals surface area contributed by atoms with Gasteiger partial charge >= 0.3 is 0 Å². The van der Waals surface area contributed by atoms with Gasteiger partial charge in [0.15, 0.2) is 0 Å². The Labute approximate surface area is 80.4 Å². The number of hydrogen-bond acceptors (Lipinski definition) is 2. The van der Waals surface area contributed by atoms with Crippen LogP contribution in [0, 0.1) is 12.7 Å². The monoisotopic (exact) mass is 223 g/mol. The van der Waals surface area contributed by atoms with Gasteiger partial charge in [-0.2, -0.15) is 0 Å². The van der Waals surface area contributed by atoms with E-state index in [2.05, 4.69) is 0 Å². The smallest absolute Gasteiger partial charge is 0.225 e. The van der Waals surface area contributed by atoms with Crippen LogP contribution in [0.15, 0.2) is 17.0 Å². The molecule has 0 aliphatic carbocycles. The van der Waals surface area contributed by atoms with Crippen LogP contribution in [0.4, 0.5) is 4.39 Å². The van der Waals surface area contributed by atoms with E-state index in [1.165, 1.54) is 6.92 Å². The van der Waals surface area contributed by atoms with Crippen molar-refractivity contribution in [2.24, 2.45) is 5.14 Å². The zero-order valence-corrected chi connectivity index (χ0v) is 8.29. The van der Waals surface area contributed by atoms with Crippen molar-refractivity contribution in [3.63, 3.8) is 0 Å². The molecule has 0 aliphatic rings. The summed E-state index contributed by atoms with van der Waals surface area (Å²) >= 11 is 5.57. The molecule has 0 saturated carbocycles. The molecule has 0 heterocycles. The van der Waals surface area contributed by atoms with Crippen molar-refractivity contribution in [1.29, 1.82) is 0 Å². The van der Waals surface area contributed by atoms with Gasteiger partial charge in [0.2, 0.25) is 10.0 Å². The summed E-state index contributed by atoms with van der Waals surface area (Å²) in [4.78, 5) is -0.280. The third kappa shape index (κ3) is 2.18. The summed E-state index contributed by atoms with van der Waals surface area (Å²) in [5.41, 5.74) is 0.255. The van der Waals surface area contributed by atoms with Gasteiger partial charge in [-0.25, -0.2) is 17.9 Å². The minimum atomic E-state index is -3.90. The van der Waals surface area contributed by atoms with E-state index in [1.54, 1.807) is 0 Å². The molecule has 13 heavy (non-hydrogen) atoms. The topological polar surface area (TPSA) is 60.2 Å². The number of hydrogen-bond donors (Lipinski definition) is 1. The van der Waals surface area contributed by atoms with E-state index in [1.807, 2.05) is 0 Å². The molecule has 6 heteroatoms. The number of benzene rings is 1. The fourth-order valence-electron chi connectivity index (χ4n) is 0.918. The Hall–Kier alpha value is -0.650. The molecular formula is C7H7ClFNO2S. The van der Waals surface area contributed by atoms with Gasteiger partial charge in [-0.3, -0.25) is 0 Å². The molecule has 0 aliphatic heterocycles. The predicted molar refractivity (Wildman–Crippen MR) is 47.5 cm³/mol. The van der Waals surface area contributed by atoms with Gasteiger partial charge in [-0.15, -0.1) is 0 Å². The summed E-state index contributed by atoms with van der Waals surface area (Å²) in [6.45, 7) is 1.46. The Morgan fingerprint density at radius 3 is 2.46 bits per heavy atom. The second-order valence-corrected chi connectivity index (χ2v) is 4.49. The minimum Gasteiger partial charge on any atom is -0.225 e. The first-order valence-corrected chi connectivity index (χ1v) is 5.23. The first-order chi connectivity index (χ1) is 5.82. The van der Waals surface area contributed by atoms with Crippen LogP contribution in [0.25, 0.3) is 0 Å². The Morgan fingerprint density at radius 2 is 2.00 bits per heavy atom. The summed E-state index contributed by atoms with van der Waals surface area (Å²) in [6, 6.07) is 1.88. The average molecular weight is 224 g/mol. The van der Waals surface area contributed by atoms with Gasteiger partial charge in [-0.1, -0.05) is 11.6 Å². The molecule has 0 atom stereocenters. The van der Waals surface area contributed by atoms with E-state index in [-0.39, 0.29) is 15.5 Å². The van der Waals surface area contributed by atoms with Gasteiger partial charge in [0.1, 0.15) is 5.82 Å². The summed E-state index contributed by atoms with van der Waals surface area (Å²) in [5, 5.41) is 4.89. The maximum Gasteiger partial charge on any atom is 0.238 e. The highest BCUT2D eigenvalue weighted by atomic mass is 35.5. The molecule has 1 rings (SSSR count). The zero-order chi connectivity index (χ0) is 10.2. The van der Waals surface area contributed by atoms with Gasteiger partial charge in [0.25, 0.3) is 0 Å². The van der Waals surface area contributed by atoms with Crippen LogP contribution < -0.4 is 5.14 Å². The normalized spacial score (nSPS) is 11.7. The average Bonchev–Trinajstić information content (AvgIpc) is 1.94. The second kappa shape index (κ2) is 3.25. The fraction of sp³-hybridized carbons (Fsp3) is 0.143. The molecule has 0 unspecified atom stereocenters. The van der Waals surface area contributed by atoms with Gasteiger partial charge < -0.3 is 0 Å². The molecule has 2 N–H and O–H groups in total. The van der Waals surface area contributed by atoms with Gasteiger partial charge in [-0.05, 0) is 24.6 Å². The Balaban J connectivity index is 3.56. The number of sulfonamides is 1. The third-order valence-corrected chi connectivity index (χ3v) is 3.00. The predicted octanol–water partition coefficient (Wildman–Crippen LogP) is 1.43. The summed E-state index contributed by atoms with van der Waals surface area (Å²) < 4.78 is 34.6. The van der Waals surface area contributed by atoms with Crippen LogP contribution in [0.1, 0.15) is 5.56 Å². The largest absolute Gasteiger partial charge is 0.238 e.